The molecule has 1 aromatic heterocycles. The molecular formula is C15H14BrClN2O2. The Balaban J connectivity index is 1.81. The number of hydrogen-bond donors (Lipinski definition) is 2. The lowest BCUT2D eigenvalue weighted by atomic mass is 10.0. The van der Waals surface area contributed by atoms with Crippen molar-refractivity contribution in [2.24, 2.45) is 0 Å². The molecule has 4 nitrogen and oxygen atoms in total. The molecule has 1 atom stereocenters. The minimum Gasteiger partial charge on any atom is -0.491 e. The average molecular weight is 370 g/mol. The molecule has 1 unspecified atom stereocenters. The molecule has 1 aromatic carbocycles. The van der Waals surface area contributed by atoms with Crippen molar-refractivity contribution in [1.29, 1.82) is 0 Å². The van der Waals surface area contributed by atoms with Gasteiger partial charge in [-0.3, -0.25) is 4.98 Å². The molecule has 0 spiro atoms. The topological polar surface area (TPSA) is 54.4 Å². The molecule has 0 aliphatic carbocycles. The van der Waals surface area contributed by atoms with E-state index in [-0.39, 0.29) is 0 Å². The van der Waals surface area contributed by atoms with Gasteiger partial charge in [0.1, 0.15) is 5.75 Å². The summed E-state index contributed by atoms with van der Waals surface area (Å²) in [6, 6.07) is 7.54. The Morgan fingerprint density at radius 1 is 1.48 bits per heavy atom. The molecule has 2 N–H and O–H groups in total. The van der Waals surface area contributed by atoms with Crippen LogP contribution in [0.3, 0.4) is 0 Å². The predicted molar refractivity (Wildman–Crippen MR) is 85.8 cm³/mol. The second-order valence-electron chi connectivity index (χ2n) is 4.81. The first-order valence-electron chi connectivity index (χ1n) is 6.62. The number of aliphatic hydroxyl groups excluding tert-OH is 1. The number of benzene rings is 1. The molecule has 0 amide bonds. The van der Waals surface area contributed by atoms with E-state index < -0.39 is 6.10 Å². The van der Waals surface area contributed by atoms with Crippen LogP contribution in [-0.2, 0) is 6.54 Å². The van der Waals surface area contributed by atoms with Crippen molar-refractivity contribution in [1.82, 2.24) is 4.98 Å². The van der Waals surface area contributed by atoms with Crippen molar-refractivity contribution in [2.75, 3.05) is 11.9 Å². The molecule has 110 valence electrons. The van der Waals surface area contributed by atoms with Gasteiger partial charge in [-0.05, 0) is 28.1 Å². The lowest BCUT2D eigenvalue weighted by molar-refractivity contribution is 0.116. The summed E-state index contributed by atoms with van der Waals surface area (Å²) < 4.78 is 6.54. The second-order valence-corrected chi connectivity index (χ2v) is 6.10. The first-order chi connectivity index (χ1) is 10.1. The summed E-state index contributed by atoms with van der Waals surface area (Å²) in [5.74, 6) is 0.723. The number of halogens is 2. The number of ether oxygens (including phenoxy) is 1. The quantitative estimate of drug-likeness (QED) is 0.861. The third-order valence-electron chi connectivity index (χ3n) is 3.37. The first kappa shape index (κ1) is 14.6. The number of fused-ring (bicyclic) bond motifs is 1. The van der Waals surface area contributed by atoms with Crippen LogP contribution in [-0.4, -0.2) is 16.7 Å². The Kier molecular flexibility index (Phi) is 4.33. The third-order valence-corrected chi connectivity index (χ3v) is 4.27. The molecule has 1 aliphatic heterocycles. The van der Waals surface area contributed by atoms with Gasteiger partial charge in [0.15, 0.2) is 0 Å². The van der Waals surface area contributed by atoms with Gasteiger partial charge in [-0.25, -0.2) is 0 Å². The fourth-order valence-electron chi connectivity index (χ4n) is 2.30. The van der Waals surface area contributed by atoms with Crippen molar-refractivity contribution in [3.05, 3.63) is 51.2 Å². The SMILES string of the molecule is OC1CCOc2c(NCc3ncc(Cl)cc3Br)cccc21. The Bertz CT molecular complexity index is 666. The molecule has 6 heteroatoms. The Labute approximate surface area is 136 Å². The van der Waals surface area contributed by atoms with Gasteiger partial charge in [-0.1, -0.05) is 23.7 Å². The number of nitrogens with zero attached hydrogens (tertiary/aromatic N) is 1. The van der Waals surface area contributed by atoms with E-state index in [4.69, 9.17) is 16.3 Å². The Morgan fingerprint density at radius 3 is 3.14 bits per heavy atom. The van der Waals surface area contributed by atoms with Crippen LogP contribution in [0.2, 0.25) is 5.02 Å². The smallest absolute Gasteiger partial charge is 0.148 e. The van der Waals surface area contributed by atoms with Gasteiger partial charge in [-0.2, -0.15) is 0 Å². The van der Waals surface area contributed by atoms with Gasteiger partial charge in [0.25, 0.3) is 0 Å². The van der Waals surface area contributed by atoms with E-state index in [1.165, 1.54) is 0 Å². The fourth-order valence-corrected chi connectivity index (χ4v) is 3.08. The molecule has 1 aliphatic rings. The number of aliphatic hydroxyl groups is 1. The number of hydrogen-bond acceptors (Lipinski definition) is 4. The van der Waals surface area contributed by atoms with Gasteiger partial charge in [0.05, 0.1) is 35.7 Å². The lowest BCUT2D eigenvalue weighted by Crippen LogP contribution is -2.15. The maximum absolute atomic E-state index is 10.0. The van der Waals surface area contributed by atoms with Gasteiger partial charge >= 0.3 is 0 Å². The van der Waals surface area contributed by atoms with E-state index in [9.17, 15) is 5.11 Å². The maximum Gasteiger partial charge on any atom is 0.148 e. The summed E-state index contributed by atoms with van der Waals surface area (Å²) in [5, 5.41) is 13.9. The number of nitrogens with one attached hydrogen (secondary N) is 1. The van der Waals surface area contributed by atoms with Crippen LogP contribution >= 0.6 is 27.5 Å². The van der Waals surface area contributed by atoms with E-state index >= 15 is 0 Å². The summed E-state index contributed by atoms with van der Waals surface area (Å²) in [4.78, 5) is 4.29. The first-order valence-corrected chi connectivity index (χ1v) is 7.80. The Hall–Kier alpha value is -1.30. The van der Waals surface area contributed by atoms with Crippen LogP contribution in [0.5, 0.6) is 5.75 Å². The van der Waals surface area contributed by atoms with E-state index in [2.05, 4.69) is 26.2 Å². The molecule has 2 heterocycles. The standard InChI is InChI=1S/C15H14BrClN2O2/c16-11-6-9(17)7-18-13(11)8-19-12-3-1-2-10-14(20)4-5-21-15(10)12/h1-3,6-7,14,19-20H,4-5,8H2. The van der Waals surface area contributed by atoms with E-state index in [1.807, 2.05) is 24.3 Å². The highest BCUT2D eigenvalue weighted by Crippen LogP contribution is 2.38. The average Bonchev–Trinajstić information content (AvgIpc) is 2.47. The van der Waals surface area contributed by atoms with Gasteiger partial charge in [0.2, 0.25) is 0 Å². The molecule has 0 fully saturated rings. The summed E-state index contributed by atoms with van der Waals surface area (Å²) in [5.41, 5.74) is 2.54. The molecule has 0 radical (unpaired) electrons. The van der Waals surface area contributed by atoms with Crippen molar-refractivity contribution in [3.63, 3.8) is 0 Å². The number of aromatic nitrogens is 1. The number of rotatable bonds is 3. The monoisotopic (exact) mass is 368 g/mol. The maximum atomic E-state index is 10.0. The zero-order valence-corrected chi connectivity index (χ0v) is 13.5. The zero-order chi connectivity index (χ0) is 14.8. The highest BCUT2D eigenvalue weighted by molar-refractivity contribution is 9.10. The molecule has 2 aromatic rings. The summed E-state index contributed by atoms with van der Waals surface area (Å²) in [7, 11) is 0. The van der Waals surface area contributed by atoms with Crippen LogP contribution in [0, 0.1) is 0 Å². The van der Waals surface area contributed by atoms with Crippen LogP contribution < -0.4 is 10.1 Å². The molecule has 0 saturated carbocycles. The van der Waals surface area contributed by atoms with Crippen LogP contribution in [0.1, 0.15) is 23.8 Å². The molecule has 0 saturated heterocycles. The minimum absolute atomic E-state index is 0.462. The van der Waals surface area contributed by atoms with Crippen LogP contribution in [0.25, 0.3) is 0 Å². The van der Waals surface area contributed by atoms with Crippen molar-refractivity contribution >= 4 is 33.2 Å². The summed E-state index contributed by atoms with van der Waals surface area (Å²) in [6.07, 6.45) is 1.78. The largest absolute Gasteiger partial charge is 0.491 e. The minimum atomic E-state index is -0.462. The van der Waals surface area contributed by atoms with Crippen LogP contribution in [0.15, 0.2) is 34.9 Å². The highest BCUT2D eigenvalue weighted by Gasteiger charge is 2.21. The van der Waals surface area contributed by atoms with Gasteiger partial charge in [-0.15, -0.1) is 0 Å². The number of para-hydroxylation sites is 1. The van der Waals surface area contributed by atoms with E-state index in [0.717, 1.165) is 27.2 Å². The van der Waals surface area contributed by atoms with E-state index in [1.54, 1.807) is 6.20 Å². The molecule has 3 rings (SSSR count). The third kappa shape index (κ3) is 3.15. The fraction of sp³-hybridized carbons (Fsp3) is 0.267. The Morgan fingerprint density at radius 2 is 2.33 bits per heavy atom. The zero-order valence-electron chi connectivity index (χ0n) is 11.1. The molecular weight excluding hydrogens is 356 g/mol. The molecule has 0 bridgehead atoms. The summed E-state index contributed by atoms with van der Waals surface area (Å²) in [6.45, 7) is 1.06. The predicted octanol–water partition coefficient (Wildman–Crippen LogP) is 3.93. The van der Waals surface area contributed by atoms with Crippen LogP contribution in [0.4, 0.5) is 5.69 Å². The van der Waals surface area contributed by atoms with E-state index in [0.29, 0.717) is 24.6 Å². The second kappa shape index (κ2) is 6.22. The van der Waals surface area contributed by atoms with Crippen molar-refractivity contribution < 1.29 is 9.84 Å². The number of anilines is 1. The lowest BCUT2D eigenvalue weighted by Gasteiger charge is -2.24. The van der Waals surface area contributed by atoms with Gasteiger partial charge < -0.3 is 15.2 Å². The van der Waals surface area contributed by atoms with Crippen molar-refractivity contribution in [2.45, 2.75) is 19.1 Å². The van der Waals surface area contributed by atoms with Gasteiger partial charge in [0, 0.05) is 22.7 Å². The van der Waals surface area contributed by atoms with Crippen molar-refractivity contribution in [3.8, 4) is 5.75 Å². The normalized spacial score (nSPS) is 17.0. The summed E-state index contributed by atoms with van der Waals surface area (Å²) >= 11 is 9.33. The molecule has 21 heavy (non-hydrogen) atoms. The number of pyridine rings is 1. The highest BCUT2D eigenvalue weighted by atomic mass is 79.9.